The van der Waals surface area contributed by atoms with Crippen LogP contribution >= 0.6 is 15.9 Å². The fourth-order valence-corrected chi connectivity index (χ4v) is 1.64. The Morgan fingerprint density at radius 3 is 2.83 bits per heavy atom. The number of alkyl halides is 1. The van der Waals surface area contributed by atoms with Gasteiger partial charge in [0, 0.05) is 17.1 Å². The Hall–Kier alpha value is -0.760. The Morgan fingerprint density at radius 2 is 2.08 bits per heavy atom. The van der Waals surface area contributed by atoms with Gasteiger partial charge in [0.05, 0.1) is 0 Å². The van der Waals surface area contributed by atoms with Crippen molar-refractivity contribution in [2.75, 3.05) is 5.33 Å². The van der Waals surface area contributed by atoms with Crippen LogP contribution in [0.1, 0.15) is 5.76 Å². The molecule has 62 valence electrons. The van der Waals surface area contributed by atoms with E-state index in [1.165, 1.54) is 5.39 Å². The van der Waals surface area contributed by atoms with Crippen molar-refractivity contribution in [3.8, 4) is 0 Å². The van der Waals surface area contributed by atoms with Crippen LogP contribution in [-0.2, 0) is 6.42 Å². The number of para-hydroxylation sites is 1. The molecule has 2 rings (SSSR count). The molecule has 0 aliphatic heterocycles. The quantitative estimate of drug-likeness (QED) is 0.714. The third-order valence-electron chi connectivity index (χ3n) is 1.82. The Balaban J connectivity index is 2.47. The number of hydrogen-bond donors (Lipinski definition) is 0. The lowest BCUT2D eigenvalue weighted by molar-refractivity contribution is 0.559. The van der Waals surface area contributed by atoms with E-state index in [1.54, 1.807) is 0 Å². The van der Waals surface area contributed by atoms with Crippen molar-refractivity contribution < 1.29 is 4.42 Å². The molecular formula is C10H9BrO. The summed E-state index contributed by atoms with van der Waals surface area (Å²) >= 11 is 3.38. The van der Waals surface area contributed by atoms with Crippen LogP contribution in [0.15, 0.2) is 34.7 Å². The largest absolute Gasteiger partial charge is 0.461 e. The molecule has 0 amide bonds. The highest BCUT2D eigenvalue weighted by molar-refractivity contribution is 9.09. The zero-order valence-electron chi connectivity index (χ0n) is 6.59. The highest BCUT2D eigenvalue weighted by Crippen LogP contribution is 2.19. The van der Waals surface area contributed by atoms with Crippen molar-refractivity contribution >= 4 is 26.9 Å². The number of fused-ring (bicyclic) bond motifs is 1. The Kier molecular flexibility index (Phi) is 2.17. The van der Waals surface area contributed by atoms with Gasteiger partial charge in [-0.1, -0.05) is 34.1 Å². The van der Waals surface area contributed by atoms with Crippen LogP contribution in [-0.4, -0.2) is 5.33 Å². The first-order valence-corrected chi connectivity index (χ1v) is 5.06. The van der Waals surface area contributed by atoms with Crippen molar-refractivity contribution in [1.82, 2.24) is 0 Å². The predicted molar refractivity (Wildman–Crippen MR) is 53.7 cm³/mol. The molecule has 0 aliphatic carbocycles. The van der Waals surface area contributed by atoms with Gasteiger partial charge in [-0.2, -0.15) is 0 Å². The zero-order valence-corrected chi connectivity index (χ0v) is 8.17. The minimum atomic E-state index is 0.951. The lowest BCUT2D eigenvalue weighted by atomic mass is 10.2. The minimum absolute atomic E-state index is 0.951. The van der Waals surface area contributed by atoms with Crippen molar-refractivity contribution in [1.29, 1.82) is 0 Å². The zero-order chi connectivity index (χ0) is 8.39. The van der Waals surface area contributed by atoms with E-state index in [9.17, 15) is 0 Å². The summed E-state index contributed by atoms with van der Waals surface area (Å²) in [5.74, 6) is 1.05. The third kappa shape index (κ3) is 1.39. The van der Waals surface area contributed by atoms with Gasteiger partial charge in [0.25, 0.3) is 0 Å². The molecule has 0 saturated heterocycles. The van der Waals surface area contributed by atoms with Gasteiger partial charge in [-0.15, -0.1) is 0 Å². The van der Waals surface area contributed by atoms with E-state index in [1.807, 2.05) is 18.2 Å². The molecule has 2 heteroatoms. The average Bonchev–Trinajstić information content (AvgIpc) is 2.47. The second-order valence-corrected chi connectivity index (χ2v) is 3.48. The second kappa shape index (κ2) is 3.31. The minimum Gasteiger partial charge on any atom is -0.461 e. The molecule has 0 atom stereocenters. The van der Waals surface area contributed by atoms with Crippen molar-refractivity contribution in [2.24, 2.45) is 0 Å². The Bertz CT molecular complexity index is 345. The van der Waals surface area contributed by atoms with Gasteiger partial charge >= 0.3 is 0 Å². The molecule has 0 fully saturated rings. The molecule has 0 unspecified atom stereocenters. The maximum Gasteiger partial charge on any atom is 0.134 e. The van der Waals surface area contributed by atoms with E-state index in [4.69, 9.17) is 4.42 Å². The van der Waals surface area contributed by atoms with Crippen LogP contribution in [0.5, 0.6) is 0 Å². The molecular weight excluding hydrogens is 216 g/mol. The lowest BCUT2D eigenvalue weighted by Gasteiger charge is -1.86. The van der Waals surface area contributed by atoms with E-state index in [0.29, 0.717) is 0 Å². The fraction of sp³-hybridized carbons (Fsp3) is 0.200. The van der Waals surface area contributed by atoms with Gasteiger partial charge in [-0.25, -0.2) is 0 Å². The van der Waals surface area contributed by atoms with Crippen LogP contribution in [0.4, 0.5) is 0 Å². The summed E-state index contributed by atoms with van der Waals surface area (Å²) in [6.07, 6.45) is 0.953. The number of rotatable bonds is 2. The third-order valence-corrected chi connectivity index (χ3v) is 2.21. The van der Waals surface area contributed by atoms with Crippen molar-refractivity contribution in [3.63, 3.8) is 0 Å². The molecule has 0 saturated carbocycles. The van der Waals surface area contributed by atoms with Gasteiger partial charge in [0.1, 0.15) is 11.3 Å². The van der Waals surface area contributed by atoms with Gasteiger partial charge in [-0.3, -0.25) is 0 Å². The van der Waals surface area contributed by atoms with Gasteiger partial charge in [0.2, 0.25) is 0 Å². The van der Waals surface area contributed by atoms with Crippen LogP contribution in [0.25, 0.3) is 11.0 Å². The van der Waals surface area contributed by atoms with E-state index in [2.05, 4.69) is 28.1 Å². The number of aryl methyl sites for hydroxylation is 1. The van der Waals surface area contributed by atoms with E-state index in [0.717, 1.165) is 23.1 Å². The first-order valence-electron chi connectivity index (χ1n) is 3.93. The summed E-state index contributed by atoms with van der Waals surface area (Å²) in [6.45, 7) is 0. The summed E-state index contributed by atoms with van der Waals surface area (Å²) in [5, 5.41) is 2.14. The van der Waals surface area contributed by atoms with Crippen LogP contribution in [0, 0.1) is 0 Å². The number of furan rings is 1. The highest BCUT2D eigenvalue weighted by Gasteiger charge is 2.00. The normalized spacial score (nSPS) is 10.8. The van der Waals surface area contributed by atoms with Crippen molar-refractivity contribution in [2.45, 2.75) is 6.42 Å². The molecule has 0 bridgehead atoms. The molecule has 1 aromatic heterocycles. The molecule has 0 N–H and O–H groups in total. The Labute approximate surface area is 79.5 Å². The van der Waals surface area contributed by atoms with E-state index < -0.39 is 0 Å². The monoisotopic (exact) mass is 224 g/mol. The topological polar surface area (TPSA) is 13.1 Å². The van der Waals surface area contributed by atoms with Crippen molar-refractivity contribution in [3.05, 3.63) is 36.1 Å². The molecule has 1 aromatic carbocycles. The standard InChI is InChI=1S/C10H9BrO/c11-6-5-9-7-8-3-1-2-4-10(8)12-9/h1-4,7H,5-6H2. The molecule has 1 nitrogen and oxygen atoms in total. The first-order chi connectivity index (χ1) is 5.90. The van der Waals surface area contributed by atoms with Crippen LogP contribution < -0.4 is 0 Å². The number of benzene rings is 1. The van der Waals surface area contributed by atoms with Gasteiger partial charge < -0.3 is 4.42 Å². The summed E-state index contributed by atoms with van der Waals surface area (Å²) in [6, 6.07) is 10.2. The summed E-state index contributed by atoms with van der Waals surface area (Å²) in [7, 11) is 0. The summed E-state index contributed by atoms with van der Waals surface area (Å²) < 4.78 is 5.58. The molecule has 2 aromatic rings. The first kappa shape index (κ1) is 7.87. The number of hydrogen-bond acceptors (Lipinski definition) is 1. The smallest absolute Gasteiger partial charge is 0.134 e. The molecule has 0 aliphatic rings. The van der Waals surface area contributed by atoms with E-state index in [-0.39, 0.29) is 0 Å². The summed E-state index contributed by atoms with van der Waals surface area (Å²) in [4.78, 5) is 0. The molecule has 12 heavy (non-hydrogen) atoms. The number of halogens is 1. The van der Waals surface area contributed by atoms with Gasteiger partial charge in [0.15, 0.2) is 0 Å². The van der Waals surface area contributed by atoms with Crippen LogP contribution in [0.2, 0.25) is 0 Å². The lowest BCUT2D eigenvalue weighted by Crippen LogP contribution is -1.78. The van der Waals surface area contributed by atoms with E-state index >= 15 is 0 Å². The highest BCUT2D eigenvalue weighted by atomic mass is 79.9. The van der Waals surface area contributed by atoms with Crippen LogP contribution in [0.3, 0.4) is 0 Å². The Morgan fingerprint density at radius 1 is 1.25 bits per heavy atom. The second-order valence-electron chi connectivity index (χ2n) is 2.69. The average molecular weight is 225 g/mol. The molecule has 1 heterocycles. The maximum absolute atomic E-state index is 5.58. The predicted octanol–water partition coefficient (Wildman–Crippen LogP) is 3.37. The fourth-order valence-electron chi connectivity index (χ4n) is 1.25. The maximum atomic E-state index is 5.58. The summed E-state index contributed by atoms with van der Waals surface area (Å²) in [5.41, 5.74) is 0.980. The SMILES string of the molecule is BrCCc1cc2ccccc2o1. The molecule has 0 spiro atoms. The molecule has 0 radical (unpaired) electrons. The van der Waals surface area contributed by atoms with Gasteiger partial charge in [-0.05, 0) is 12.1 Å².